The molecule has 1 saturated carbocycles. The SMILES string of the molecule is CCCOC(=O)CC1(NC)CCCCC1. The van der Waals surface area contributed by atoms with Crippen molar-refractivity contribution in [2.45, 2.75) is 57.4 Å². The Morgan fingerprint density at radius 2 is 2.00 bits per heavy atom. The van der Waals surface area contributed by atoms with E-state index in [1.165, 1.54) is 19.3 Å². The molecule has 0 aliphatic heterocycles. The van der Waals surface area contributed by atoms with E-state index in [9.17, 15) is 4.79 Å². The van der Waals surface area contributed by atoms with Crippen molar-refractivity contribution >= 4 is 5.97 Å². The van der Waals surface area contributed by atoms with Crippen LogP contribution in [0.3, 0.4) is 0 Å². The minimum absolute atomic E-state index is 0.0169. The Morgan fingerprint density at radius 3 is 2.53 bits per heavy atom. The highest BCUT2D eigenvalue weighted by Crippen LogP contribution is 2.30. The van der Waals surface area contributed by atoms with Crippen molar-refractivity contribution in [3.8, 4) is 0 Å². The number of esters is 1. The quantitative estimate of drug-likeness (QED) is 0.712. The zero-order valence-electron chi connectivity index (χ0n) is 9.97. The molecule has 0 unspecified atom stereocenters. The van der Waals surface area contributed by atoms with E-state index in [4.69, 9.17) is 4.74 Å². The van der Waals surface area contributed by atoms with Crippen LogP contribution in [-0.2, 0) is 9.53 Å². The lowest BCUT2D eigenvalue weighted by atomic mass is 9.79. The minimum atomic E-state index is -0.0481. The van der Waals surface area contributed by atoms with Gasteiger partial charge < -0.3 is 10.1 Å². The molecule has 0 atom stereocenters. The van der Waals surface area contributed by atoms with Crippen molar-refractivity contribution in [2.75, 3.05) is 13.7 Å². The lowest BCUT2D eigenvalue weighted by molar-refractivity contribution is -0.145. The van der Waals surface area contributed by atoms with E-state index in [0.717, 1.165) is 19.3 Å². The molecule has 3 heteroatoms. The van der Waals surface area contributed by atoms with Gasteiger partial charge in [0, 0.05) is 5.54 Å². The molecule has 0 heterocycles. The lowest BCUT2D eigenvalue weighted by Gasteiger charge is -2.36. The standard InChI is InChI=1S/C12H23NO2/c1-3-9-15-11(14)10-12(13-2)7-5-4-6-8-12/h13H,3-10H2,1-2H3. The van der Waals surface area contributed by atoms with Gasteiger partial charge in [-0.3, -0.25) is 4.79 Å². The zero-order chi connectivity index (χ0) is 11.1. The van der Waals surface area contributed by atoms with Crippen LogP contribution < -0.4 is 5.32 Å². The first-order chi connectivity index (χ1) is 7.22. The highest BCUT2D eigenvalue weighted by molar-refractivity contribution is 5.71. The molecule has 1 fully saturated rings. The largest absolute Gasteiger partial charge is 0.466 e. The Bertz CT molecular complexity index is 198. The summed E-state index contributed by atoms with van der Waals surface area (Å²) in [7, 11) is 1.96. The number of hydrogen-bond donors (Lipinski definition) is 1. The van der Waals surface area contributed by atoms with Gasteiger partial charge in [-0.05, 0) is 26.3 Å². The number of rotatable bonds is 5. The summed E-state index contributed by atoms with van der Waals surface area (Å²) in [4.78, 5) is 11.6. The van der Waals surface area contributed by atoms with Crippen molar-refractivity contribution in [1.82, 2.24) is 5.32 Å². The third kappa shape index (κ3) is 3.82. The third-order valence-electron chi connectivity index (χ3n) is 3.29. The first-order valence-electron chi connectivity index (χ1n) is 6.07. The van der Waals surface area contributed by atoms with Crippen LogP contribution in [0.5, 0.6) is 0 Å². The molecule has 1 aliphatic carbocycles. The molecule has 0 aromatic heterocycles. The molecular formula is C12H23NO2. The second kappa shape index (κ2) is 6.11. The molecule has 1 aliphatic rings. The van der Waals surface area contributed by atoms with Gasteiger partial charge in [-0.15, -0.1) is 0 Å². The molecule has 0 aromatic rings. The van der Waals surface area contributed by atoms with Crippen molar-refractivity contribution in [1.29, 1.82) is 0 Å². The van der Waals surface area contributed by atoms with Crippen molar-refractivity contribution in [3.05, 3.63) is 0 Å². The second-order valence-electron chi connectivity index (χ2n) is 4.49. The number of carbonyl (C=O) groups is 1. The lowest BCUT2D eigenvalue weighted by Crippen LogP contribution is -2.46. The van der Waals surface area contributed by atoms with E-state index in [-0.39, 0.29) is 11.5 Å². The van der Waals surface area contributed by atoms with E-state index < -0.39 is 0 Å². The highest BCUT2D eigenvalue weighted by atomic mass is 16.5. The summed E-state index contributed by atoms with van der Waals surface area (Å²) in [5, 5.41) is 3.32. The molecule has 0 amide bonds. The number of ether oxygens (including phenoxy) is 1. The molecule has 0 radical (unpaired) electrons. The fraction of sp³-hybridized carbons (Fsp3) is 0.917. The number of nitrogens with one attached hydrogen (secondary N) is 1. The summed E-state index contributed by atoms with van der Waals surface area (Å²) in [6, 6.07) is 0. The van der Waals surface area contributed by atoms with E-state index in [1.807, 2.05) is 14.0 Å². The van der Waals surface area contributed by atoms with Crippen molar-refractivity contribution in [2.24, 2.45) is 0 Å². The van der Waals surface area contributed by atoms with E-state index in [2.05, 4.69) is 5.32 Å². The Balaban J connectivity index is 2.40. The topological polar surface area (TPSA) is 38.3 Å². The summed E-state index contributed by atoms with van der Waals surface area (Å²) >= 11 is 0. The Labute approximate surface area is 92.6 Å². The predicted octanol–water partition coefficient (Wildman–Crippen LogP) is 2.25. The molecule has 15 heavy (non-hydrogen) atoms. The molecular weight excluding hydrogens is 190 g/mol. The predicted molar refractivity (Wildman–Crippen MR) is 60.7 cm³/mol. The van der Waals surface area contributed by atoms with Gasteiger partial charge in [-0.2, -0.15) is 0 Å². The number of hydrogen-bond acceptors (Lipinski definition) is 3. The summed E-state index contributed by atoms with van der Waals surface area (Å²) in [5.41, 5.74) is 0.0169. The van der Waals surface area contributed by atoms with Crippen LogP contribution in [0.1, 0.15) is 51.9 Å². The Morgan fingerprint density at radius 1 is 1.33 bits per heavy atom. The van der Waals surface area contributed by atoms with Gasteiger partial charge in [0.15, 0.2) is 0 Å². The van der Waals surface area contributed by atoms with Crippen molar-refractivity contribution < 1.29 is 9.53 Å². The fourth-order valence-electron chi connectivity index (χ4n) is 2.29. The fourth-order valence-corrected chi connectivity index (χ4v) is 2.29. The average molecular weight is 213 g/mol. The van der Waals surface area contributed by atoms with Crippen molar-refractivity contribution in [3.63, 3.8) is 0 Å². The average Bonchev–Trinajstić information content (AvgIpc) is 2.27. The highest BCUT2D eigenvalue weighted by Gasteiger charge is 2.33. The molecule has 1 N–H and O–H groups in total. The van der Waals surface area contributed by atoms with Crippen LogP contribution in [0.2, 0.25) is 0 Å². The first-order valence-corrected chi connectivity index (χ1v) is 6.07. The van der Waals surface area contributed by atoms with E-state index >= 15 is 0 Å². The molecule has 0 aromatic carbocycles. The monoisotopic (exact) mass is 213 g/mol. The normalized spacial score (nSPS) is 19.9. The molecule has 1 rings (SSSR count). The number of carbonyl (C=O) groups excluding carboxylic acids is 1. The zero-order valence-corrected chi connectivity index (χ0v) is 9.97. The van der Waals surface area contributed by atoms with Crippen LogP contribution in [0.4, 0.5) is 0 Å². The maximum atomic E-state index is 11.6. The van der Waals surface area contributed by atoms with Gasteiger partial charge in [0.05, 0.1) is 13.0 Å². The van der Waals surface area contributed by atoms with Crippen LogP contribution in [0, 0.1) is 0 Å². The molecule has 3 nitrogen and oxygen atoms in total. The second-order valence-corrected chi connectivity index (χ2v) is 4.49. The smallest absolute Gasteiger partial charge is 0.307 e. The minimum Gasteiger partial charge on any atom is -0.466 e. The first kappa shape index (κ1) is 12.5. The van der Waals surface area contributed by atoms with Gasteiger partial charge in [-0.1, -0.05) is 26.2 Å². The maximum absolute atomic E-state index is 11.6. The van der Waals surface area contributed by atoms with Crippen LogP contribution >= 0.6 is 0 Å². The third-order valence-corrected chi connectivity index (χ3v) is 3.29. The van der Waals surface area contributed by atoms with Crippen LogP contribution in [0.15, 0.2) is 0 Å². The Hall–Kier alpha value is -0.570. The summed E-state index contributed by atoms with van der Waals surface area (Å²) in [6.45, 7) is 2.57. The van der Waals surface area contributed by atoms with E-state index in [1.54, 1.807) is 0 Å². The summed E-state index contributed by atoms with van der Waals surface area (Å²) in [6.07, 6.45) is 7.38. The molecule has 0 spiro atoms. The van der Waals surface area contributed by atoms with Gasteiger partial charge in [-0.25, -0.2) is 0 Å². The maximum Gasteiger partial charge on any atom is 0.307 e. The van der Waals surface area contributed by atoms with Gasteiger partial charge in [0.2, 0.25) is 0 Å². The van der Waals surface area contributed by atoms with Gasteiger partial charge in [0.1, 0.15) is 0 Å². The molecule has 88 valence electrons. The Kier molecular flexibility index (Phi) is 5.09. The summed E-state index contributed by atoms with van der Waals surface area (Å²) in [5.74, 6) is -0.0481. The van der Waals surface area contributed by atoms with Gasteiger partial charge in [0.25, 0.3) is 0 Å². The molecule has 0 saturated heterocycles. The van der Waals surface area contributed by atoms with Crippen LogP contribution in [-0.4, -0.2) is 25.2 Å². The van der Waals surface area contributed by atoms with E-state index in [0.29, 0.717) is 13.0 Å². The molecule has 0 bridgehead atoms. The van der Waals surface area contributed by atoms with Crippen LogP contribution in [0.25, 0.3) is 0 Å². The van der Waals surface area contributed by atoms with Gasteiger partial charge >= 0.3 is 5.97 Å². The summed E-state index contributed by atoms with van der Waals surface area (Å²) < 4.78 is 5.14.